The van der Waals surface area contributed by atoms with E-state index in [1.807, 2.05) is 13.8 Å². The number of aryl methyl sites for hydroxylation is 2. The first kappa shape index (κ1) is 22.2. The number of sulfonamides is 1. The maximum Gasteiger partial charge on any atom is 0.264 e. The number of halogens is 2. The van der Waals surface area contributed by atoms with Crippen LogP contribution in [0.15, 0.2) is 71.6 Å². The molecule has 0 aliphatic carbocycles. The average Bonchev–Trinajstić information content (AvgIpc) is 2.71. The highest BCUT2D eigenvalue weighted by molar-refractivity contribution is 7.92. The second-order valence-corrected chi connectivity index (χ2v) is 9.46. The molecule has 0 aromatic heterocycles. The average molecular weight is 463 g/mol. The van der Waals surface area contributed by atoms with Gasteiger partial charge in [0.05, 0.1) is 26.3 Å². The second kappa shape index (κ2) is 9.08. The molecule has 30 heavy (non-hydrogen) atoms. The fourth-order valence-electron chi connectivity index (χ4n) is 2.78. The van der Waals surface area contributed by atoms with E-state index >= 15 is 0 Å². The van der Waals surface area contributed by atoms with Gasteiger partial charge in [0.2, 0.25) is 5.91 Å². The summed E-state index contributed by atoms with van der Waals surface area (Å²) in [5.41, 5.74) is 2.60. The van der Waals surface area contributed by atoms with Crippen molar-refractivity contribution in [2.24, 2.45) is 0 Å². The number of nitrogens with one attached hydrogen (secondary N) is 1. The van der Waals surface area contributed by atoms with Gasteiger partial charge in [0.25, 0.3) is 10.0 Å². The van der Waals surface area contributed by atoms with E-state index < -0.39 is 22.5 Å². The normalized spacial score (nSPS) is 11.2. The van der Waals surface area contributed by atoms with E-state index in [1.54, 1.807) is 54.6 Å². The second-order valence-electron chi connectivity index (χ2n) is 6.81. The van der Waals surface area contributed by atoms with Gasteiger partial charge in [-0.1, -0.05) is 64.7 Å². The molecule has 1 amide bonds. The summed E-state index contributed by atoms with van der Waals surface area (Å²) in [5, 5.41) is 3.11. The lowest BCUT2D eigenvalue weighted by Gasteiger charge is -2.24. The number of carbonyl (C=O) groups excluding carboxylic acids is 1. The molecule has 0 aliphatic heterocycles. The maximum atomic E-state index is 13.3. The van der Waals surface area contributed by atoms with Crippen LogP contribution in [0.2, 0.25) is 10.0 Å². The molecule has 0 bridgehead atoms. The molecule has 3 aromatic rings. The monoisotopic (exact) mass is 462 g/mol. The highest BCUT2D eigenvalue weighted by Gasteiger charge is 2.27. The van der Waals surface area contributed by atoms with Gasteiger partial charge in [-0.3, -0.25) is 9.10 Å². The molecular formula is C22H20Cl2N2O3S. The summed E-state index contributed by atoms with van der Waals surface area (Å²) in [7, 11) is -3.98. The van der Waals surface area contributed by atoms with E-state index in [0.29, 0.717) is 11.4 Å². The molecule has 0 fully saturated rings. The summed E-state index contributed by atoms with van der Waals surface area (Å²) in [6, 6.07) is 18.2. The number of hydrogen-bond donors (Lipinski definition) is 1. The van der Waals surface area contributed by atoms with Gasteiger partial charge in [0.15, 0.2) is 0 Å². The van der Waals surface area contributed by atoms with Crippen LogP contribution >= 0.6 is 23.2 Å². The van der Waals surface area contributed by atoms with Crippen LogP contribution < -0.4 is 9.62 Å². The molecule has 8 heteroatoms. The Balaban J connectivity index is 1.95. The van der Waals surface area contributed by atoms with Gasteiger partial charge in [-0.25, -0.2) is 8.42 Å². The maximum absolute atomic E-state index is 13.3. The molecule has 156 valence electrons. The van der Waals surface area contributed by atoms with Gasteiger partial charge >= 0.3 is 0 Å². The zero-order chi connectivity index (χ0) is 21.9. The van der Waals surface area contributed by atoms with E-state index in [-0.39, 0.29) is 14.9 Å². The molecule has 0 atom stereocenters. The predicted molar refractivity (Wildman–Crippen MR) is 122 cm³/mol. The quantitative estimate of drug-likeness (QED) is 0.529. The molecule has 0 unspecified atom stereocenters. The SMILES string of the molecule is Cc1ccc(N(CC(=O)Nc2cccc(Cl)c2Cl)S(=O)(=O)c2ccc(C)cc2)cc1. The van der Waals surface area contributed by atoms with E-state index in [0.717, 1.165) is 15.4 Å². The van der Waals surface area contributed by atoms with Crippen LogP contribution in [0, 0.1) is 13.8 Å². The first-order valence-electron chi connectivity index (χ1n) is 9.08. The molecule has 0 heterocycles. The number of amides is 1. The highest BCUT2D eigenvalue weighted by Crippen LogP contribution is 2.30. The standard InChI is InChI=1S/C22H20Cl2N2O3S/c1-15-6-10-17(11-7-15)26(30(28,29)18-12-8-16(2)9-13-18)14-21(27)25-20-5-3-4-19(23)22(20)24/h3-13H,14H2,1-2H3,(H,25,27). The lowest BCUT2D eigenvalue weighted by atomic mass is 10.2. The molecular weight excluding hydrogens is 443 g/mol. The Kier molecular flexibility index (Phi) is 6.71. The third-order valence-electron chi connectivity index (χ3n) is 4.44. The number of carbonyl (C=O) groups is 1. The zero-order valence-corrected chi connectivity index (χ0v) is 18.7. The highest BCUT2D eigenvalue weighted by atomic mass is 35.5. The lowest BCUT2D eigenvalue weighted by molar-refractivity contribution is -0.114. The fraction of sp³-hybridized carbons (Fsp3) is 0.136. The first-order valence-corrected chi connectivity index (χ1v) is 11.3. The summed E-state index contributed by atoms with van der Waals surface area (Å²) in [6.45, 7) is 3.34. The van der Waals surface area contributed by atoms with E-state index in [4.69, 9.17) is 23.2 Å². The van der Waals surface area contributed by atoms with E-state index in [2.05, 4.69) is 5.32 Å². The van der Waals surface area contributed by atoms with Gasteiger partial charge in [-0.05, 0) is 50.2 Å². The van der Waals surface area contributed by atoms with Crippen molar-refractivity contribution in [2.75, 3.05) is 16.2 Å². The number of hydrogen-bond acceptors (Lipinski definition) is 3. The van der Waals surface area contributed by atoms with Gasteiger partial charge in [0.1, 0.15) is 6.54 Å². The van der Waals surface area contributed by atoms with Gasteiger partial charge in [0, 0.05) is 0 Å². The van der Waals surface area contributed by atoms with Crippen molar-refractivity contribution in [3.63, 3.8) is 0 Å². The Morgan fingerprint density at radius 3 is 2.07 bits per heavy atom. The molecule has 0 saturated heterocycles. The molecule has 0 radical (unpaired) electrons. The number of nitrogens with zero attached hydrogens (tertiary/aromatic N) is 1. The van der Waals surface area contributed by atoms with Crippen molar-refractivity contribution in [2.45, 2.75) is 18.7 Å². The minimum absolute atomic E-state index is 0.0993. The third kappa shape index (κ3) is 4.95. The lowest BCUT2D eigenvalue weighted by Crippen LogP contribution is -2.38. The van der Waals surface area contributed by atoms with Crippen molar-refractivity contribution in [1.29, 1.82) is 0 Å². The number of anilines is 2. The van der Waals surface area contributed by atoms with E-state index in [1.165, 1.54) is 12.1 Å². The number of rotatable bonds is 6. The third-order valence-corrected chi connectivity index (χ3v) is 7.05. The summed E-state index contributed by atoms with van der Waals surface area (Å²) < 4.78 is 27.7. The van der Waals surface area contributed by atoms with Crippen molar-refractivity contribution in [3.8, 4) is 0 Å². The zero-order valence-electron chi connectivity index (χ0n) is 16.4. The van der Waals surface area contributed by atoms with Crippen LogP contribution in [0.5, 0.6) is 0 Å². The predicted octanol–water partition coefficient (Wildman–Crippen LogP) is 5.44. The summed E-state index contributed by atoms with van der Waals surface area (Å²) in [4.78, 5) is 12.8. The van der Waals surface area contributed by atoms with Gasteiger partial charge < -0.3 is 5.32 Å². The minimum atomic E-state index is -3.98. The Labute approximate surface area is 186 Å². The van der Waals surface area contributed by atoms with Gasteiger partial charge in [-0.2, -0.15) is 0 Å². The van der Waals surface area contributed by atoms with Crippen molar-refractivity contribution in [1.82, 2.24) is 0 Å². The summed E-state index contributed by atoms with van der Waals surface area (Å²) in [5.74, 6) is -0.546. The first-order chi connectivity index (χ1) is 14.2. The minimum Gasteiger partial charge on any atom is -0.323 e. The Hall–Kier alpha value is -2.54. The molecule has 0 spiro atoms. The van der Waals surface area contributed by atoms with Crippen molar-refractivity contribution < 1.29 is 13.2 Å². The van der Waals surface area contributed by atoms with Crippen LogP contribution in [-0.4, -0.2) is 20.9 Å². The van der Waals surface area contributed by atoms with Crippen LogP contribution in [0.3, 0.4) is 0 Å². The van der Waals surface area contributed by atoms with Crippen LogP contribution in [0.1, 0.15) is 11.1 Å². The van der Waals surface area contributed by atoms with Crippen LogP contribution in [0.25, 0.3) is 0 Å². The smallest absolute Gasteiger partial charge is 0.264 e. The molecule has 1 N–H and O–H groups in total. The summed E-state index contributed by atoms with van der Waals surface area (Å²) >= 11 is 12.1. The van der Waals surface area contributed by atoms with Crippen LogP contribution in [0.4, 0.5) is 11.4 Å². The Bertz CT molecular complexity index is 1160. The summed E-state index contributed by atoms with van der Waals surface area (Å²) in [6.07, 6.45) is 0. The topological polar surface area (TPSA) is 66.5 Å². The Morgan fingerprint density at radius 2 is 1.47 bits per heavy atom. The van der Waals surface area contributed by atoms with E-state index in [9.17, 15) is 13.2 Å². The largest absolute Gasteiger partial charge is 0.323 e. The molecule has 3 rings (SSSR count). The van der Waals surface area contributed by atoms with Crippen LogP contribution in [-0.2, 0) is 14.8 Å². The molecule has 0 saturated carbocycles. The van der Waals surface area contributed by atoms with Gasteiger partial charge in [-0.15, -0.1) is 0 Å². The van der Waals surface area contributed by atoms with Crippen molar-refractivity contribution >= 4 is 50.5 Å². The molecule has 0 aliphatic rings. The van der Waals surface area contributed by atoms with Crippen molar-refractivity contribution in [3.05, 3.63) is 87.9 Å². The fourth-order valence-corrected chi connectivity index (χ4v) is 4.55. The molecule has 3 aromatic carbocycles. The number of benzene rings is 3. The Morgan fingerprint density at radius 1 is 0.900 bits per heavy atom. The molecule has 5 nitrogen and oxygen atoms in total.